The van der Waals surface area contributed by atoms with Crippen molar-refractivity contribution in [2.24, 2.45) is 0 Å². The number of piperazine rings is 1. The maximum atomic E-state index is 12.5. The zero-order valence-electron chi connectivity index (χ0n) is 17.1. The van der Waals surface area contributed by atoms with E-state index in [9.17, 15) is 4.79 Å². The predicted octanol–water partition coefficient (Wildman–Crippen LogP) is 3.90. The van der Waals surface area contributed by atoms with Gasteiger partial charge in [-0.25, -0.2) is 0 Å². The number of ketones is 1. The number of carbonyl (C=O) groups excluding carboxylic acids is 1. The molecule has 1 saturated heterocycles. The van der Waals surface area contributed by atoms with Crippen LogP contribution in [0.4, 0.5) is 5.69 Å². The molecule has 0 spiro atoms. The van der Waals surface area contributed by atoms with Gasteiger partial charge in [0.25, 0.3) is 0 Å². The number of pyridine rings is 1. The van der Waals surface area contributed by atoms with E-state index in [1.165, 1.54) is 5.69 Å². The molecule has 1 aliphatic rings. The minimum absolute atomic E-state index is 0.0352. The fourth-order valence-electron chi connectivity index (χ4n) is 3.72. The van der Waals surface area contributed by atoms with E-state index in [2.05, 4.69) is 26.9 Å². The van der Waals surface area contributed by atoms with E-state index in [4.69, 9.17) is 4.74 Å². The summed E-state index contributed by atoms with van der Waals surface area (Å²) in [4.78, 5) is 21.4. The van der Waals surface area contributed by atoms with Crippen LogP contribution >= 0.6 is 0 Å². The van der Waals surface area contributed by atoms with E-state index in [1.807, 2.05) is 67.0 Å². The first-order chi connectivity index (χ1) is 14.8. The first kappa shape index (κ1) is 20.1. The molecule has 0 unspecified atom stereocenters. The third-order valence-electron chi connectivity index (χ3n) is 5.44. The van der Waals surface area contributed by atoms with Crippen molar-refractivity contribution in [3.05, 3.63) is 90.3 Å². The average molecular weight is 402 g/mol. The van der Waals surface area contributed by atoms with Crippen LogP contribution in [0, 0.1) is 0 Å². The smallest absolute Gasteiger partial charge is 0.193 e. The third-order valence-corrected chi connectivity index (χ3v) is 5.44. The zero-order valence-corrected chi connectivity index (χ0v) is 17.1. The fraction of sp³-hybridized carbons (Fsp3) is 0.280. The second kappa shape index (κ2) is 10.0. The van der Waals surface area contributed by atoms with Crippen LogP contribution in [-0.4, -0.2) is 55.0 Å². The Kier molecular flexibility index (Phi) is 6.72. The number of rotatable bonds is 8. The summed E-state index contributed by atoms with van der Waals surface area (Å²) in [5, 5.41) is 0. The van der Waals surface area contributed by atoms with Gasteiger partial charge in [0.1, 0.15) is 5.75 Å². The molecule has 0 saturated carbocycles. The number of carbonyl (C=O) groups is 1. The normalized spacial score (nSPS) is 14.5. The highest BCUT2D eigenvalue weighted by molar-refractivity contribution is 6.08. The summed E-state index contributed by atoms with van der Waals surface area (Å²) in [6.45, 7) is 5.94. The van der Waals surface area contributed by atoms with E-state index in [1.54, 1.807) is 0 Å². The minimum atomic E-state index is 0.0352. The molecule has 0 amide bonds. The lowest BCUT2D eigenvalue weighted by molar-refractivity contribution is 0.103. The van der Waals surface area contributed by atoms with Crippen LogP contribution in [0.3, 0.4) is 0 Å². The first-order valence-corrected chi connectivity index (χ1v) is 10.5. The van der Waals surface area contributed by atoms with Crippen molar-refractivity contribution in [3.63, 3.8) is 0 Å². The molecule has 1 fully saturated rings. The lowest BCUT2D eigenvalue weighted by Gasteiger charge is -2.36. The second-order valence-corrected chi connectivity index (χ2v) is 7.46. The maximum absolute atomic E-state index is 12.5. The molecule has 0 radical (unpaired) electrons. The van der Waals surface area contributed by atoms with Crippen molar-refractivity contribution >= 4 is 11.5 Å². The van der Waals surface area contributed by atoms with Crippen LogP contribution in [0.2, 0.25) is 0 Å². The highest BCUT2D eigenvalue weighted by Crippen LogP contribution is 2.17. The van der Waals surface area contributed by atoms with Crippen molar-refractivity contribution < 1.29 is 9.53 Å². The quantitative estimate of drug-likeness (QED) is 0.423. The largest absolute Gasteiger partial charge is 0.494 e. The lowest BCUT2D eigenvalue weighted by atomic mass is 10.0. The fourth-order valence-corrected chi connectivity index (χ4v) is 3.72. The first-order valence-electron chi connectivity index (χ1n) is 10.5. The SMILES string of the molecule is O=C(c1ccccc1)c1ccc(OCCCN2CCN(c3ccncc3)CC2)cc1. The summed E-state index contributed by atoms with van der Waals surface area (Å²) in [6.07, 6.45) is 4.69. The van der Waals surface area contributed by atoms with Crippen molar-refractivity contribution in [2.45, 2.75) is 6.42 Å². The molecule has 0 atom stereocenters. The summed E-state index contributed by atoms with van der Waals surface area (Å²) in [5.41, 5.74) is 2.64. The number of hydrogen-bond donors (Lipinski definition) is 0. The molecular weight excluding hydrogens is 374 g/mol. The van der Waals surface area contributed by atoms with Crippen molar-refractivity contribution in [3.8, 4) is 5.75 Å². The molecule has 5 nitrogen and oxygen atoms in total. The van der Waals surface area contributed by atoms with E-state index < -0.39 is 0 Å². The number of hydrogen-bond acceptors (Lipinski definition) is 5. The molecule has 2 aromatic carbocycles. The number of anilines is 1. The highest BCUT2D eigenvalue weighted by Gasteiger charge is 2.16. The van der Waals surface area contributed by atoms with Gasteiger partial charge in [0.2, 0.25) is 0 Å². The maximum Gasteiger partial charge on any atom is 0.193 e. The van der Waals surface area contributed by atoms with Crippen LogP contribution in [0.1, 0.15) is 22.3 Å². The standard InChI is InChI=1S/C25H27N3O2/c29-25(21-5-2-1-3-6-21)22-7-9-24(10-8-22)30-20-4-15-27-16-18-28(19-17-27)23-11-13-26-14-12-23/h1-3,5-14H,4,15-20H2. The Hall–Kier alpha value is -3.18. The van der Waals surface area contributed by atoms with Crippen LogP contribution in [-0.2, 0) is 0 Å². The van der Waals surface area contributed by atoms with E-state index in [-0.39, 0.29) is 5.78 Å². The number of ether oxygens (including phenoxy) is 1. The Morgan fingerprint density at radius 3 is 2.20 bits per heavy atom. The van der Waals surface area contributed by atoms with Gasteiger partial charge in [0.05, 0.1) is 6.61 Å². The molecule has 0 N–H and O–H groups in total. The zero-order chi connectivity index (χ0) is 20.6. The summed E-state index contributed by atoms with van der Waals surface area (Å²) in [6, 6.07) is 20.9. The number of benzene rings is 2. The van der Waals surface area contributed by atoms with Gasteiger partial charge >= 0.3 is 0 Å². The Labute approximate surface area is 177 Å². The highest BCUT2D eigenvalue weighted by atomic mass is 16.5. The van der Waals surface area contributed by atoms with Crippen molar-refractivity contribution in [1.29, 1.82) is 0 Å². The van der Waals surface area contributed by atoms with Gasteiger partial charge < -0.3 is 9.64 Å². The Balaban J connectivity index is 1.17. The van der Waals surface area contributed by atoms with Crippen molar-refractivity contribution in [1.82, 2.24) is 9.88 Å². The van der Waals surface area contributed by atoms with E-state index >= 15 is 0 Å². The number of aromatic nitrogens is 1. The second-order valence-electron chi connectivity index (χ2n) is 7.46. The summed E-state index contributed by atoms with van der Waals surface area (Å²) in [7, 11) is 0. The van der Waals surface area contributed by atoms with Crippen LogP contribution in [0.25, 0.3) is 0 Å². The summed E-state index contributed by atoms with van der Waals surface area (Å²) < 4.78 is 5.87. The van der Waals surface area contributed by atoms with Gasteiger partial charge in [0, 0.05) is 61.9 Å². The van der Waals surface area contributed by atoms with Crippen molar-refractivity contribution in [2.75, 3.05) is 44.2 Å². The van der Waals surface area contributed by atoms with Crippen LogP contribution in [0.15, 0.2) is 79.1 Å². The molecule has 154 valence electrons. The average Bonchev–Trinajstić information content (AvgIpc) is 2.83. The van der Waals surface area contributed by atoms with Gasteiger partial charge in [-0.15, -0.1) is 0 Å². The van der Waals surface area contributed by atoms with E-state index in [0.29, 0.717) is 17.7 Å². The van der Waals surface area contributed by atoms with Gasteiger partial charge in [0.15, 0.2) is 5.78 Å². The van der Waals surface area contributed by atoms with Gasteiger partial charge in [-0.05, 0) is 42.8 Å². The predicted molar refractivity (Wildman–Crippen MR) is 119 cm³/mol. The van der Waals surface area contributed by atoms with Gasteiger partial charge in [-0.3, -0.25) is 14.7 Å². The Bertz CT molecular complexity index is 922. The van der Waals surface area contributed by atoms with E-state index in [0.717, 1.165) is 44.9 Å². The molecule has 3 aromatic rings. The molecule has 30 heavy (non-hydrogen) atoms. The minimum Gasteiger partial charge on any atom is -0.494 e. The molecular formula is C25H27N3O2. The molecule has 0 aliphatic carbocycles. The molecule has 1 aliphatic heterocycles. The Morgan fingerprint density at radius 2 is 1.50 bits per heavy atom. The third kappa shape index (κ3) is 5.24. The molecule has 1 aromatic heterocycles. The lowest BCUT2D eigenvalue weighted by Crippen LogP contribution is -2.46. The Morgan fingerprint density at radius 1 is 0.833 bits per heavy atom. The summed E-state index contributed by atoms with van der Waals surface area (Å²) in [5.74, 6) is 0.843. The molecule has 4 rings (SSSR count). The topological polar surface area (TPSA) is 45.7 Å². The monoisotopic (exact) mass is 401 g/mol. The molecule has 0 bridgehead atoms. The molecule has 2 heterocycles. The van der Waals surface area contributed by atoms with Gasteiger partial charge in [-0.2, -0.15) is 0 Å². The molecule has 5 heteroatoms. The summed E-state index contributed by atoms with van der Waals surface area (Å²) >= 11 is 0. The van der Waals surface area contributed by atoms with Gasteiger partial charge in [-0.1, -0.05) is 30.3 Å². The van der Waals surface area contributed by atoms with Crippen LogP contribution in [0.5, 0.6) is 5.75 Å². The van der Waals surface area contributed by atoms with Crippen LogP contribution < -0.4 is 9.64 Å². The number of nitrogens with zero attached hydrogens (tertiary/aromatic N) is 3.